The van der Waals surface area contributed by atoms with Gasteiger partial charge in [-0.15, -0.1) is 0 Å². The van der Waals surface area contributed by atoms with Gasteiger partial charge in [-0.3, -0.25) is 20.4 Å². The maximum absolute atomic E-state index is 13.3. The first-order chi connectivity index (χ1) is 13.7. The van der Waals surface area contributed by atoms with Crippen molar-refractivity contribution in [2.75, 3.05) is 13.7 Å². The van der Waals surface area contributed by atoms with Crippen LogP contribution in [-0.2, 0) is 14.3 Å². The molecule has 0 spiro atoms. The molecule has 2 atom stereocenters. The van der Waals surface area contributed by atoms with Crippen LogP contribution in [0.4, 0.5) is 0 Å². The van der Waals surface area contributed by atoms with Gasteiger partial charge >= 0.3 is 0 Å². The number of hydrogen-bond acceptors (Lipinski definition) is 4. The molecular formula is C21H36N4O3S. The number of carbonyl (C=O) groups excluding carboxylic acids is 2. The molecule has 0 aromatic rings. The first-order valence-corrected chi connectivity index (χ1v) is 11.3. The number of methoxy groups -OCH3 is 1. The second-order valence-electron chi connectivity index (χ2n) is 9.84. The number of ether oxygens (including phenoxy) is 1. The molecule has 0 saturated heterocycles. The van der Waals surface area contributed by atoms with Crippen molar-refractivity contribution in [1.82, 2.24) is 21.5 Å². The molecule has 4 bridgehead atoms. The van der Waals surface area contributed by atoms with Gasteiger partial charge in [-0.25, -0.2) is 0 Å². The minimum Gasteiger partial charge on any atom is -0.383 e. The third-order valence-electron chi connectivity index (χ3n) is 6.85. The zero-order valence-corrected chi connectivity index (χ0v) is 18.9. The Morgan fingerprint density at radius 1 is 1.00 bits per heavy atom. The number of rotatable bonds is 7. The molecule has 4 N–H and O–H groups in total. The Kier molecular flexibility index (Phi) is 7.04. The van der Waals surface area contributed by atoms with Crippen molar-refractivity contribution in [3.63, 3.8) is 0 Å². The van der Waals surface area contributed by atoms with Crippen molar-refractivity contribution in [2.24, 2.45) is 29.1 Å². The fourth-order valence-electron chi connectivity index (χ4n) is 5.97. The smallest absolute Gasteiger partial charge is 0.261 e. The molecule has 0 heterocycles. The minimum absolute atomic E-state index is 0.0218. The van der Waals surface area contributed by atoms with Crippen molar-refractivity contribution in [3.05, 3.63) is 0 Å². The molecule has 0 unspecified atom stereocenters. The lowest BCUT2D eigenvalue weighted by molar-refractivity contribution is -0.149. The Balaban J connectivity index is 1.55. The summed E-state index contributed by atoms with van der Waals surface area (Å²) in [5.74, 6) is 1.85. The van der Waals surface area contributed by atoms with Crippen LogP contribution >= 0.6 is 12.2 Å². The van der Waals surface area contributed by atoms with Gasteiger partial charge in [-0.1, -0.05) is 13.8 Å². The monoisotopic (exact) mass is 424 g/mol. The van der Waals surface area contributed by atoms with Crippen molar-refractivity contribution < 1.29 is 14.3 Å². The van der Waals surface area contributed by atoms with Crippen LogP contribution in [0, 0.1) is 29.1 Å². The molecule has 0 aliphatic heterocycles. The van der Waals surface area contributed by atoms with Crippen LogP contribution in [0.2, 0.25) is 0 Å². The summed E-state index contributed by atoms with van der Waals surface area (Å²) in [6, 6.07) is -0.573. The maximum Gasteiger partial charge on any atom is 0.261 e. The molecule has 2 amide bonds. The van der Waals surface area contributed by atoms with Gasteiger partial charge in [-0.05, 0) is 81.3 Å². The molecule has 164 valence electrons. The molecule has 4 fully saturated rings. The van der Waals surface area contributed by atoms with Gasteiger partial charge < -0.3 is 15.4 Å². The summed E-state index contributed by atoms with van der Waals surface area (Å²) in [6.07, 6.45) is 6.83. The first-order valence-electron chi connectivity index (χ1n) is 10.9. The highest BCUT2D eigenvalue weighted by atomic mass is 32.1. The molecule has 0 radical (unpaired) electrons. The van der Waals surface area contributed by atoms with Gasteiger partial charge in [0.05, 0.1) is 6.61 Å². The van der Waals surface area contributed by atoms with Crippen LogP contribution in [-0.4, -0.2) is 42.7 Å². The Morgan fingerprint density at radius 2 is 1.55 bits per heavy atom. The highest BCUT2D eigenvalue weighted by molar-refractivity contribution is 7.80. The molecular weight excluding hydrogens is 388 g/mol. The summed E-state index contributed by atoms with van der Waals surface area (Å²) in [5.41, 5.74) is 5.11. The van der Waals surface area contributed by atoms with E-state index >= 15 is 0 Å². The van der Waals surface area contributed by atoms with E-state index in [1.165, 1.54) is 19.3 Å². The molecule has 8 heteroatoms. The van der Waals surface area contributed by atoms with E-state index in [1.807, 2.05) is 20.8 Å². The lowest BCUT2D eigenvalue weighted by atomic mass is 9.49. The average Bonchev–Trinajstić information content (AvgIpc) is 2.62. The summed E-state index contributed by atoms with van der Waals surface area (Å²) in [7, 11) is 1.62. The molecule has 4 saturated carbocycles. The van der Waals surface area contributed by atoms with Gasteiger partial charge in [0.15, 0.2) is 5.11 Å². The van der Waals surface area contributed by atoms with Crippen molar-refractivity contribution in [1.29, 1.82) is 0 Å². The molecule has 0 aromatic heterocycles. The van der Waals surface area contributed by atoms with Crippen molar-refractivity contribution >= 4 is 29.1 Å². The summed E-state index contributed by atoms with van der Waals surface area (Å²) in [5, 5.41) is 6.43. The highest BCUT2D eigenvalue weighted by Crippen LogP contribution is 2.60. The fourth-order valence-corrected chi connectivity index (χ4v) is 6.22. The highest BCUT2D eigenvalue weighted by Gasteiger charge is 2.55. The van der Waals surface area contributed by atoms with Gasteiger partial charge in [0, 0.05) is 18.6 Å². The van der Waals surface area contributed by atoms with E-state index in [-0.39, 0.29) is 29.2 Å². The lowest BCUT2D eigenvalue weighted by Gasteiger charge is -2.55. The molecule has 4 rings (SSSR count). The minimum atomic E-state index is -0.595. The quantitative estimate of drug-likeness (QED) is 0.368. The predicted molar refractivity (Wildman–Crippen MR) is 116 cm³/mol. The van der Waals surface area contributed by atoms with Gasteiger partial charge in [0.2, 0.25) is 5.91 Å². The van der Waals surface area contributed by atoms with E-state index in [0.717, 1.165) is 19.3 Å². The summed E-state index contributed by atoms with van der Waals surface area (Å²) >= 11 is 5.20. The Morgan fingerprint density at radius 3 is 2.03 bits per heavy atom. The van der Waals surface area contributed by atoms with E-state index in [9.17, 15) is 9.59 Å². The summed E-state index contributed by atoms with van der Waals surface area (Å²) in [6.45, 7) is 6.33. The van der Waals surface area contributed by atoms with Crippen molar-refractivity contribution in [2.45, 2.75) is 71.4 Å². The Hall–Kier alpha value is -1.41. The zero-order valence-electron chi connectivity index (χ0n) is 18.0. The van der Waals surface area contributed by atoms with Gasteiger partial charge in [-0.2, -0.15) is 0 Å². The van der Waals surface area contributed by atoms with Gasteiger partial charge in [0.25, 0.3) is 5.91 Å². The number of carbonyl (C=O) groups is 2. The summed E-state index contributed by atoms with van der Waals surface area (Å²) in [4.78, 5) is 26.1. The zero-order chi connectivity index (χ0) is 21.2. The van der Waals surface area contributed by atoms with E-state index in [4.69, 9.17) is 17.0 Å². The molecule has 4 aliphatic carbocycles. The predicted octanol–water partition coefficient (Wildman–Crippen LogP) is 1.87. The number of amides is 2. The second kappa shape index (κ2) is 9.16. The third kappa shape index (κ3) is 5.20. The van der Waals surface area contributed by atoms with E-state index in [1.54, 1.807) is 7.11 Å². The summed E-state index contributed by atoms with van der Waals surface area (Å²) < 4.78 is 5.06. The van der Waals surface area contributed by atoms with Crippen LogP contribution in [0.5, 0.6) is 0 Å². The number of nitrogens with one attached hydrogen (secondary N) is 4. The topological polar surface area (TPSA) is 91.5 Å². The van der Waals surface area contributed by atoms with E-state index < -0.39 is 6.04 Å². The lowest BCUT2D eigenvalue weighted by Crippen LogP contribution is -2.60. The van der Waals surface area contributed by atoms with Crippen molar-refractivity contribution in [3.8, 4) is 0 Å². The standard InChI is InChI=1S/C21H36N4O3S/c1-12(2)17(18(26)24-25-20(29)22-13(3)11-28-4)23-19(27)21-8-14-5-15(9-21)7-16(6-14)10-21/h12-17H,5-11H2,1-4H3,(H,23,27)(H,24,26)(H2,22,25,29)/t13-,14?,15?,16?,17-,21?/m1/s1. The number of hydrogen-bond donors (Lipinski definition) is 4. The van der Waals surface area contributed by atoms with E-state index in [2.05, 4.69) is 21.5 Å². The van der Waals surface area contributed by atoms with Crippen LogP contribution in [0.25, 0.3) is 0 Å². The normalized spacial score (nSPS) is 31.8. The van der Waals surface area contributed by atoms with Crippen LogP contribution in [0.1, 0.15) is 59.3 Å². The second-order valence-corrected chi connectivity index (χ2v) is 10.2. The van der Waals surface area contributed by atoms with Crippen LogP contribution < -0.4 is 21.5 Å². The largest absolute Gasteiger partial charge is 0.383 e. The molecule has 4 aliphatic rings. The Labute approximate surface area is 179 Å². The Bertz CT molecular complexity index is 604. The van der Waals surface area contributed by atoms with E-state index in [0.29, 0.717) is 29.5 Å². The molecule has 0 aromatic carbocycles. The van der Waals surface area contributed by atoms with Crippen LogP contribution in [0.15, 0.2) is 0 Å². The molecule has 29 heavy (non-hydrogen) atoms. The maximum atomic E-state index is 13.3. The number of hydrazine groups is 1. The molecule has 7 nitrogen and oxygen atoms in total. The van der Waals surface area contributed by atoms with Crippen LogP contribution in [0.3, 0.4) is 0 Å². The SMILES string of the molecule is COC[C@@H](C)NC(=S)NNC(=O)[C@H](NC(=O)C12CC3CC(CC(C3)C1)C2)C(C)C. The first kappa shape index (κ1) is 22.3. The third-order valence-corrected chi connectivity index (χ3v) is 7.07. The number of thiocarbonyl (C=S) groups is 1. The van der Waals surface area contributed by atoms with Gasteiger partial charge in [0.1, 0.15) is 6.04 Å². The average molecular weight is 425 g/mol. The fraction of sp³-hybridized carbons (Fsp3) is 0.857.